The minimum absolute atomic E-state index is 0.00803. The molecular formula is C17H20N2O5S. The van der Waals surface area contributed by atoms with Gasteiger partial charge in [-0.25, -0.2) is 0 Å². The highest BCUT2D eigenvalue weighted by atomic mass is 32.1. The SMILES string of the molecule is CCCN(Cc1ccsc1)C(=O)c1cc(OC)c(OC)cc1[N+](=O)[O-]. The van der Waals surface area contributed by atoms with Crippen LogP contribution in [0.15, 0.2) is 29.0 Å². The van der Waals surface area contributed by atoms with Crippen molar-refractivity contribution in [3.8, 4) is 11.5 Å². The first-order chi connectivity index (χ1) is 12.0. The van der Waals surface area contributed by atoms with Crippen molar-refractivity contribution in [2.24, 2.45) is 0 Å². The maximum atomic E-state index is 13.0. The monoisotopic (exact) mass is 364 g/mol. The van der Waals surface area contributed by atoms with Gasteiger partial charge in [0.05, 0.1) is 25.2 Å². The van der Waals surface area contributed by atoms with Crippen LogP contribution in [0.5, 0.6) is 11.5 Å². The summed E-state index contributed by atoms with van der Waals surface area (Å²) in [6.07, 6.45) is 0.747. The summed E-state index contributed by atoms with van der Waals surface area (Å²) in [6, 6.07) is 4.53. The first-order valence-corrected chi connectivity index (χ1v) is 8.66. The van der Waals surface area contributed by atoms with Gasteiger partial charge in [-0.1, -0.05) is 6.92 Å². The molecule has 0 atom stereocenters. The average Bonchev–Trinajstić information content (AvgIpc) is 3.12. The van der Waals surface area contributed by atoms with E-state index >= 15 is 0 Å². The summed E-state index contributed by atoms with van der Waals surface area (Å²) in [4.78, 5) is 25.4. The van der Waals surface area contributed by atoms with E-state index in [0.29, 0.717) is 13.1 Å². The van der Waals surface area contributed by atoms with Crippen molar-refractivity contribution in [1.29, 1.82) is 0 Å². The fourth-order valence-corrected chi connectivity index (χ4v) is 3.15. The molecule has 1 heterocycles. The highest BCUT2D eigenvalue weighted by molar-refractivity contribution is 7.07. The molecule has 0 aliphatic rings. The summed E-state index contributed by atoms with van der Waals surface area (Å²) >= 11 is 1.54. The van der Waals surface area contributed by atoms with E-state index in [-0.39, 0.29) is 22.7 Å². The Bertz CT molecular complexity index is 746. The molecule has 0 fully saturated rings. The van der Waals surface area contributed by atoms with Crippen LogP contribution in [-0.4, -0.2) is 36.5 Å². The van der Waals surface area contributed by atoms with Gasteiger partial charge in [-0.15, -0.1) is 0 Å². The van der Waals surface area contributed by atoms with E-state index in [0.717, 1.165) is 12.0 Å². The molecule has 0 saturated carbocycles. The largest absolute Gasteiger partial charge is 0.493 e. The summed E-state index contributed by atoms with van der Waals surface area (Å²) in [6.45, 7) is 2.86. The maximum absolute atomic E-state index is 13.0. The second kappa shape index (κ2) is 8.48. The Morgan fingerprint density at radius 1 is 1.28 bits per heavy atom. The number of carbonyl (C=O) groups is 1. The lowest BCUT2D eigenvalue weighted by molar-refractivity contribution is -0.385. The molecule has 2 rings (SSSR count). The highest BCUT2D eigenvalue weighted by Gasteiger charge is 2.27. The van der Waals surface area contributed by atoms with Crippen molar-refractivity contribution in [2.45, 2.75) is 19.9 Å². The Balaban J connectivity index is 2.45. The van der Waals surface area contributed by atoms with Gasteiger partial charge in [0.25, 0.3) is 11.6 Å². The smallest absolute Gasteiger partial charge is 0.286 e. The molecule has 25 heavy (non-hydrogen) atoms. The second-order valence-corrected chi connectivity index (χ2v) is 6.12. The molecule has 0 aliphatic heterocycles. The fourth-order valence-electron chi connectivity index (χ4n) is 2.49. The maximum Gasteiger partial charge on any atom is 0.286 e. The molecule has 1 aromatic heterocycles. The van der Waals surface area contributed by atoms with Gasteiger partial charge in [0, 0.05) is 19.2 Å². The van der Waals surface area contributed by atoms with Gasteiger partial charge < -0.3 is 14.4 Å². The van der Waals surface area contributed by atoms with Crippen LogP contribution < -0.4 is 9.47 Å². The molecule has 7 nitrogen and oxygen atoms in total. The Morgan fingerprint density at radius 2 is 1.96 bits per heavy atom. The standard InChI is InChI=1S/C17H20N2O5S/c1-4-6-18(10-12-5-7-25-11-12)17(20)13-8-15(23-2)16(24-3)9-14(13)19(21)22/h5,7-9,11H,4,6,10H2,1-3H3. The van der Waals surface area contributed by atoms with Crippen molar-refractivity contribution in [2.75, 3.05) is 20.8 Å². The third kappa shape index (κ3) is 4.27. The summed E-state index contributed by atoms with van der Waals surface area (Å²) in [7, 11) is 2.82. The Hall–Kier alpha value is -2.61. The van der Waals surface area contributed by atoms with Crippen molar-refractivity contribution in [3.05, 3.63) is 50.2 Å². The van der Waals surface area contributed by atoms with Crippen LogP contribution in [0.25, 0.3) is 0 Å². The van der Waals surface area contributed by atoms with E-state index in [9.17, 15) is 14.9 Å². The molecule has 0 unspecified atom stereocenters. The summed E-state index contributed by atoms with van der Waals surface area (Å²) in [5.74, 6) is 0.0924. The van der Waals surface area contributed by atoms with Gasteiger partial charge in [0.15, 0.2) is 11.5 Å². The van der Waals surface area contributed by atoms with Crippen molar-refractivity contribution < 1.29 is 19.2 Å². The second-order valence-electron chi connectivity index (χ2n) is 5.34. The molecule has 2 aromatic rings. The Morgan fingerprint density at radius 3 is 2.48 bits per heavy atom. The third-order valence-electron chi connectivity index (χ3n) is 3.66. The van der Waals surface area contributed by atoms with Crippen molar-refractivity contribution >= 4 is 22.9 Å². The van der Waals surface area contributed by atoms with Crippen LogP contribution in [0.3, 0.4) is 0 Å². The number of nitro groups is 1. The number of hydrogen-bond acceptors (Lipinski definition) is 6. The summed E-state index contributed by atoms with van der Waals surface area (Å²) in [5.41, 5.74) is 0.690. The van der Waals surface area contributed by atoms with Gasteiger partial charge in [-0.05, 0) is 28.8 Å². The molecule has 1 amide bonds. The number of thiophene rings is 1. The minimum atomic E-state index is -0.579. The number of hydrogen-bond donors (Lipinski definition) is 0. The van der Waals surface area contributed by atoms with Crippen LogP contribution in [-0.2, 0) is 6.54 Å². The zero-order valence-electron chi connectivity index (χ0n) is 14.4. The normalized spacial score (nSPS) is 10.4. The topological polar surface area (TPSA) is 81.9 Å². The predicted molar refractivity (Wildman–Crippen MR) is 95.6 cm³/mol. The van der Waals surface area contributed by atoms with Gasteiger partial charge in [-0.2, -0.15) is 11.3 Å². The van der Waals surface area contributed by atoms with E-state index in [2.05, 4.69) is 0 Å². The Kier molecular flexibility index (Phi) is 6.35. The molecule has 0 saturated heterocycles. The molecular weight excluding hydrogens is 344 g/mol. The lowest BCUT2D eigenvalue weighted by Crippen LogP contribution is -2.31. The third-order valence-corrected chi connectivity index (χ3v) is 4.40. The van der Waals surface area contributed by atoms with E-state index in [1.807, 2.05) is 23.8 Å². The number of carbonyl (C=O) groups excluding carboxylic acids is 1. The number of ether oxygens (including phenoxy) is 2. The Labute approximate surface area is 149 Å². The quantitative estimate of drug-likeness (QED) is 0.526. The van der Waals surface area contributed by atoms with E-state index in [1.165, 1.54) is 26.4 Å². The zero-order chi connectivity index (χ0) is 18.4. The lowest BCUT2D eigenvalue weighted by atomic mass is 10.1. The molecule has 0 spiro atoms. The fraction of sp³-hybridized carbons (Fsp3) is 0.353. The number of nitro benzene ring substituents is 1. The first-order valence-electron chi connectivity index (χ1n) is 7.72. The van der Waals surface area contributed by atoms with E-state index in [1.54, 1.807) is 16.2 Å². The molecule has 0 N–H and O–H groups in total. The molecule has 0 aliphatic carbocycles. The van der Waals surface area contributed by atoms with Crippen LogP contribution in [0.2, 0.25) is 0 Å². The number of nitrogens with zero attached hydrogens (tertiary/aromatic N) is 2. The summed E-state index contributed by atoms with van der Waals surface area (Å²) < 4.78 is 10.3. The first kappa shape index (κ1) is 18.7. The van der Waals surface area contributed by atoms with Crippen LogP contribution >= 0.6 is 11.3 Å². The van der Waals surface area contributed by atoms with Crippen molar-refractivity contribution in [1.82, 2.24) is 4.90 Å². The molecule has 8 heteroatoms. The number of rotatable bonds is 8. The van der Waals surface area contributed by atoms with Gasteiger partial charge in [-0.3, -0.25) is 14.9 Å². The molecule has 0 bridgehead atoms. The predicted octanol–water partition coefficient (Wildman–Crippen LogP) is 3.73. The number of amides is 1. The van der Waals surface area contributed by atoms with Crippen molar-refractivity contribution in [3.63, 3.8) is 0 Å². The zero-order valence-corrected chi connectivity index (χ0v) is 15.2. The van der Waals surface area contributed by atoms with Gasteiger partial charge in [0.2, 0.25) is 0 Å². The van der Waals surface area contributed by atoms with Gasteiger partial charge >= 0.3 is 0 Å². The number of benzene rings is 1. The summed E-state index contributed by atoms with van der Waals surface area (Å²) in [5, 5.41) is 15.3. The molecule has 0 radical (unpaired) electrons. The average molecular weight is 364 g/mol. The van der Waals surface area contributed by atoms with Crippen LogP contribution in [0.1, 0.15) is 29.3 Å². The van der Waals surface area contributed by atoms with E-state index in [4.69, 9.17) is 9.47 Å². The highest BCUT2D eigenvalue weighted by Crippen LogP contribution is 2.35. The lowest BCUT2D eigenvalue weighted by Gasteiger charge is -2.22. The minimum Gasteiger partial charge on any atom is -0.493 e. The number of methoxy groups -OCH3 is 2. The van der Waals surface area contributed by atoms with E-state index < -0.39 is 10.8 Å². The van der Waals surface area contributed by atoms with Crippen LogP contribution in [0.4, 0.5) is 5.69 Å². The van der Waals surface area contributed by atoms with Crippen LogP contribution in [0, 0.1) is 10.1 Å². The molecule has 134 valence electrons. The van der Waals surface area contributed by atoms with Gasteiger partial charge in [0.1, 0.15) is 5.56 Å². The molecule has 1 aromatic carbocycles.